The number of rotatable bonds is 5. The Morgan fingerprint density at radius 3 is 2.45 bits per heavy atom. The molecule has 0 aliphatic carbocycles. The van der Waals surface area contributed by atoms with Gasteiger partial charge in [0, 0.05) is 5.69 Å². The van der Waals surface area contributed by atoms with Gasteiger partial charge in [-0.1, -0.05) is 23.2 Å². The van der Waals surface area contributed by atoms with E-state index in [-0.39, 0.29) is 11.6 Å². The van der Waals surface area contributed by atoms with Gasteiger partial charge in [0.15, 0.2) is 0 Å². The molecule has 0 radical (unpaired) electrons. The molecule has 5 nitrogen and oxygen atoms in total. The van der Waals surface area contributed by atoms with Crippen molar-refractivity contribution in [3.05, 3.63) is 28.2 Å². The van der Waals surface area contributed by atoms with E-state index < -0.39 is 23.2 Å². The largest absolute Gasteiger partial charge is 0.341 e. The van der Waals surface area contributed by atoms with Crippen LogP contribution in [0.15, 0.2) is 18.2 Å². The van der Waals surface area contributed by atoms with Crippen LogP contribution in [-0.2, 0) is 9.59 Å². The second-order valence-corrected chi connectivity index (χ2v) is 5.94. The highest BCUT2D eigenvalue weighted by atomic mass is 35.5. The predicted octanol–water partition coefficient (Wildman–Crippen LogP) is 2.98. The molecule has 0 spiro atoms. The lowest BCUT2D eigenvalue weighted by molar-refractivity contribution is -0.125. The second kappa shape index (κ2) is 8.23. The summed E-state index contributed by atoms with van der Waals surface area (Å²) in [6.45, 7) is 2.89. The topological polar surface area (TPSA) is 73.2 Å². The molecule has 0 aliphatic rings. The summed E-state index contributed by atoms with van der Waals surface area (Å²) >= 11 is 17.7. The molecule has 1 N–H and O–H groups in total. The summed E-state index contributed by atoms with van der Waals surface area (Å²) in [5, 5.41) is 10.7. The van der Waals surface area contributed by atoms with E-state index in [4.69, 9.17) is 40.1 Å². The standard InChI is InChI=1S/C14H14Cl3N3O2/c1-8(15)14(22)20(9(2)13(21)19-6-5-18)10-3-4-11(16)12(17)7-10/h3-4,7-9H,6H2,1-2H3,(H,19,21). The highest BCUT2D eigenvalue weighted by Gasteiger charge is 2.30. The Morgan fingerprint density at radius 1 is 1.32 bits per heavy atom. The number of anilines is 1. The number of halogens is 3. The van der Waals surface area contributed by atoms with Crippen LogP contribution in [0.3, 0.4) is 0 Å². The molecule has 118 valence electrons. The summed E-state index contributed by atoms with van der Waals surface area (Å²) in [4.78, 5) is 25.6. The molecule has 0 aromatic heterocycles. The fourth-order valence-corrected chi connectivity index (χ4v) is 2.16. The molecule has 0 saturated heterocycles. The zero-order valence-electron chi connectivity index (χ0n) is 11.9. The van der Waals surface area contributed by atoms with Crippen LogP contribution in [0.2, 0.25) is 10.0 Å². The molecule has 22 heavy (non-hydrogen) atoms. The van der Waals surface area contributed by atoms with Gasteiger partial charge in [0.1, 0.15) is 18.0 Å². The van der Waals surface area contributed by atoms with E-state index >= 15 is 0 Å². The number of carbonyl (C=O) groups is 2. The summed E-state index contributed by atoms with van der Waals surface area (Å²) < 4.78 is 0. The van der Waals surface area contributed by atoms with Crippen LogP contribution in [0.25, 0.3) is 0 Å². The minimum absolute atomic E-state index is 0.150. The van der Waals surface area contributed by atoms with E-state index in [1.54, 1.807) is 12.1 Å². The average molecular weight is 363 g/mol. The summed E-state index contributed by atoms with van der Waals surface area (Å²) in [5.41, 5.74) is 0.395. The Kier molecular flexibility index (Phi) is 6.95. The molecular weight excluding hydrogens is 349 g/mol. The van der Waals surface area contributed by atoms with Crippen molar-refractivity contribution in [1.29, 1.82) is 5.26 Å². The van der Waals surface area contributed by atoms with Crippen LogP contribution in [0, 0.1) is 11.3 Å². The van der Waals surface area contributed by atoms with Crippen molar-refractivity contribution in [2.75, 3.05) is 11.4 Å². The van der Waals surface area contributed by atoms with Gasteiger partial charge in [-0.2, -0.15) is 5.26 Å². The summed E-state index contributed by atoms with van der Waals surface area (Å²) in [5.74, 6) is -0.932. The minimum Gasteiger partial charge on any atom is -0.341 e. The molecule has 1 aromatic rings. The van der Waals surface area contributed by atoms with E-state index in [0.29, 0.717) is 10.7 Å². The number of hydrogen-bond donors (Lipinski definition) is 1. The first-order chi connectivity index (χ1) is 10.3. The van der Waals surface area contributed by atoms with Crippen LogP contribution >= 0.6 is 34.8 Å². The van der Waals surface area contributed by atoms with Crippen LogP contribution < -0.4 is 10.2 Å². The molecule has 0 fully saturated rings. The van der Waals surface area contributed by atoms with Crippen molar-refractivity contribution in [2.24, 2.45) is 0 Å². The number of benzene rings is 1. The summed E-state index contributed by atoms with van der Waals surface area (Å²) in [6.07, 6.45) is 0. The monoisotopic (exact) mass is 361 g/mol. The van der Waals surface area contributed by atoms with Crippen molar-refractivity contribution in [3.63, 3.8) is 0 Å². The zero-order chi connectivity index (χ0) is 16.9. The lowest BCUT2D eigenvalue weighted by atomic mass is 10.2. The van der Waals surface area contributed by atoms with Gasteiger partial charge in [0.2, 0.25) is 11.8 Å². The number of carbonyl (C=O) groups excluding carboxylic acids is 2. The molecule has 2 amide bonds. The fraction of sp³-hybridized carbons (Fsp3) is 0.357. The Bertz CT molecular complexity index is 614. The molecule has 0 saturated carbocycles. The van der Waals surface area contributed by atoms with Crippen LogP contribution in [0.1, 0.15) is 13.8 Å². The number of alkyl halides is 1. The molecule has 8 heteroatoms. The van der Waals surface area contributed by atoms with Gasteiger partial charge < -0.3 is 5.32 Å². The average Bonchev–Trinajstić information content (AvgIpc) is 2.48. The smallest absolute Gasteiger partial charge is 0.245 e. The third kappa shape index (κ3) is 4.51. The van der Waals surface area contributed by atoms with Crippen molar-refractivity contribution in [2.45, 2.75) is 25.3 Å². The molecule has 1 aromatic carbocycles. The molecule has 2 unspecified atom stereocenters. The maximum Gasteiger partial charge on any atom is 0.245 e. The van der Waals surface area contributed by atoms with E-state index in [2.05, 4.69) is 5.32 Å². The number of hydrogen-bond acceptors (Lipinski definition) is 3. The fourth-order valence-electron chi connectivity index (χ4n) is 1.76. The van der Waals surface area contributed by atoms with Gasteiger partial charge in [-0.15, -0.1) is 11.6 Å². The first kappa shape index (κ1) is 18.6. The van der Waals surface area contributed by atoms with Gasteiger partial charge in [0.25, 0.3) is 0 Å². The SMILES string of the molecule is CC(Cl)C(=O)N(c1ccc(Cl)c(Cl)c1)C(C)C(=O)NCC#N. The Morgan fingerprint density at radius 2 is 1.95 bits per heavy atom. The van der Waals surface area contributed by atoms with Crippen molar-refractivity contribution in [1.82, 2.24) is 5.32 Å². The maximum atomic E-state index is 12.3. The summed E-state index contributed by atoms with van der Waals surface area (Å²) in [7, 11) is 0. The van der Waals surface area contributed by atoms with Crippen LogP contribution in [0.4, 0.5) is 5.69 Å². The number of amides is 2. The zero-order valence-corrected chi connectivity index (χ0v) is 14.2. The number of nitrogens with one attached hydrogen (secondary N) is 1. The van der Waals surface area contributed by atoms with Crippen molar-refractivity contribution < 1.29 is 9.59 Å². The summed E-state index contributed by atoms with van der Waals surface area (Å²) in [6, 6.07) is 5.52. The van der Waals surface area contributed by atoms with E-state index in [0.717, 1.165) is 0 Å². The molecule has 1 rings (SSSR count). The molecule has 0 aliphatic heterocycles. The van der Waals surface area contributed by atoms with Gasteiger partial charge in [-0.25, -0.2) is 0 Å². The van der Waals surface area contributed by atoms with Gasteiger partial charge in [-0.05, 0) is 32.0 Å². The molecular formula is C14H14Cl3N3O2. The number of nitriles is 1. The van der Waals surface area contributed by atoms with Gasteiger partial charge >= 0.3 is 0 Å². The third-order valence-corrected chi connectivity index (χ3v) is 3.79. The van der Waals surface area contributed by atoms with Crippen LogP contribution in [0.5, 0.6) is 0 Å². The van der Waals surface area contributed by atoms with Gasteiger partial charge in [-0.3, -0.25) is 14.5 Å². The van der Waals surface area contributed by atoms with Gasteiger partial charge in [0.05, 0.1) is 16.1 Å². The molecule has 0 bridgehead atoms. The van der Waals surface area contributed by atoms with Crippen LogP contribution in [-0.4, -0.2) is 29.8 Å². The first-order valence-corrected chi connectivity index (χ1v) is 7.55. The first-order valence-electron chi connectivity index (χ1n) is 6.36. The van der Waals surface area contributed by atoms with E-state index in [9.17, 15) is 9.59 Å². The highest BCUT2D eigenvalue weighted by molar-refractivity contribution is 6.42. The molecule has 2 atom stereocenters. The quantitative estimate of drug-likeness (QED) is 0.646. The third-order valence-electron chi connectivity index (χ3n) is 2.87. The minimum atomic E-state index is -0.862. The lowest BCUT2D eigenvalue weighted by Gasteiger charge is -2.29. The number of nitrogens with zero attached hydrogens (tertiary/aromatic N) is 2. The van der Waals surface area contributed by atoms with E-state index in [1.165, 1.54) is 30.9 Å². The Hall–Kier alpha value is -1.48. The predicted molar refractivity (Wildman–Crippen MR) is 87.3 cm³/mol. The second-order valence-electron chi connectivity index (χ2n) is 4.47. The molecule has 0 heterocycles. The Balaban J connectivity index is 3.18. The normalized spacial score (nSPS) is 12.9. The highest BCUT2D eigenvalue weighted by Crippen LogP contribution is 2.29. The van der Waals surface area contributed by atoms with Crippen molar-refractivity contribution >= 4 is 52.3 Å². The van der Waals surface area contributed by atoms with Crippen molar-refractivity contribution in [3.8, 4) is 6.07 Å². The Labute approximate surface area is 143 Å². The maximum absolute atomic E-state index is 12.3. The van der Waals surface area contributed by atoms with E-state index in [1.807, 2.05) is 0 Å². The lowest BCUT2D eigenvalue weighted by Crippen LogP contribution is -2.50.